The predicted molar refractivity (Wildman–Crippen MR) is 93.4 cm³/mol. The van der Waals surface area contributed by atoms with Gasteiger partial charge in [0, 0.05) is 10.9 Å². The zero-order valence-corrected chi connectivity index (χ0v) is 13.4. The molecule has 0 saturated heterocycles. The average molecular weight is 340 g/mol. The van der Waals surface area contributed by atoms with E-state index in [4.69, 9.17) is 4.42 Å². The molecule has 4 aromatic rings. The van der Waals surface area contributed by atoms with Crippen molar-refractivity contribution < 1.29 is 9.21 Å². The highest BCUT2D eigenvalue weighted by atomic mass is 35.5. The topological polar surface area (TPSA) is 60.9 Å². The van der Waals surface area contributed by atoms with Crippen LogP contribution in [0.5, 0.6) is 0 Å². The molecule has 0 unspecified atom stereocenters. The molecule has 0 fully saturated rings. The number of aromatic nitrogens is 3. The Hall–Kier alpha value is -2.92. The molecule has 6 heteroatoms. The van der Waals surface area contributed by atoms with E-state index < -0.39 is 0 Å². The average Bonchev–Trinajstić information content (AvgIpc) is 3.23. The standard InChI is InChI=1S/C18H13N3O2.ClH/c22-11-16-12-23-18(20-16)14-7-5-13(6-8-14)10-21-17-4-2-1-3-15(17)9-19-21;/h1-9,11-12H,10H2;1H. The molecule has 5 nitrogen and oxygen atoms in total. The Bertz CT molecular complexity index is 973. The molecule has 4 rings (SSSR count). The van der Waals surface area contributed by atoms with Crippen LogP contribution >= 0.6 is 12.4 Å². The first-order valence-electron chi connectivity index (χ1n) is 7.24. The number of para-hydroxylation sites is 1. The monoisotopic (exact) mass is 339 g/mol. The van der Waals surface area contributed by atoms with E-state index in [1.54, 1.807) is 0 Å². The zero-order chi connectivity index (χ0) is 15.6. The third-order valence-corrected chi connectivity index (χ3v) is 3.73. The van der Waals surface area contributed by atoms with Crippen molar-refractivity contribution in [1.29, 1.82) is 0 Å². The van der Waals surface area contributed by atoms with E-state index in [0.717, 1.165) is 22.0 Å². The minimum absolute atomic E-state index is 0. The summed E-state index contributed by atoms with van der Waals surface area (Å²) in [5, 5.41) is 5.56. The molecule has 2 aromatic heterocycles. The lowest BCUT2D eigenvalue weighted by molar-refractivity contribution is 0.111. The summed E-state index contributed by atoms with van der Waals surface area (Å²) in [6.45, 7) is 0.693. The number of halogens is 1. The first-order valence-corrected chi connectivity index (χ1v) is 7.24. The fourth-order valence-corrected chi connectivity index (χ4v) is 2.55. The van der Waals surface area contributed by atoms with Crippen LogP contribution in [0, 0.1) is 0 Å². The Morgan fingerprint density at radius 3 is 2.62 bits per heavy atom. The van der Waals surface area contributed by atoms with Gasteiger partial charge < -0.3 is 4.42 Å². The Balaban J connectivity index is 0.00000169. The minimum atomic E-state index is 0. The summed E-state index contributed by atoms with van der Waals surface area (Å²) >= 11 is 0. The lowest BCUT2D eigenvalue weighted by Gasteiger charge is -2.04. The van der Waals surface area contributed by atoms with Crippen molar-refractivity contribution in [2.45, 2.75) is 6.54 Å². The number of fused-ring (bicyclic) bond motifs is 1. The number of oxazole rings is 1. The number of nitrogens with zero attached hydrogens (tertiary/aromatic N) is 3. The van der Waals surface area contributed by atoms with Crippen molar-refractivity contribution in [1.82, 2.24) is 14.8 Å². The number of carbonyl (C=O) groups excluding carboxylic acids is 1. The number of hydrogen-bond acceptors (Lipinski definition) is 4. The number of benzene rings is 2. The number of carbonyl (C=O) groups is 1. The smallest absolute Gasteiger partial charge is 0.226 e. The zero-order valence-electron chi connectivity index (χ0n) is 12.6. The van der Waals surface area contributed by atoms with Crippen molar-refractivity contribution in [3.63, 3.8) is 0 Å². The van der Waals surface area contributed by atoms with Gasteiger partial charge in [-0.2, -0.15) is 5.10 Å². The van der Waals surface area contributed by atoms with Crippen molar-refractivity contribution in [3.8, 4) is 11.5 Å². The molecule has 0 aliphatic rings. The van der Waals surface area contributed by atoms with Crippen LogP contribution in [-0.4, -0.2) is 21.1 Å². The number of hydrogen-bond donors (Lipinski definition) is 0. The van der Waals surface area contributed by atoms with Crippen LogP contribution in [0.25, 0.3) is 22.4 Å². The maximum absolute atomic E-state index is 10.7. The number of aldehydes is 1. The summed E-state index contributed by atoms with van der Waals surface area (Å²) in [5.41, 5.74) is 3.38. The van der Waals surface area contributed by atoms with Gasteiger partial charge in [0.2, 0.25) is 5.89 Å². The van der Waals surface area contributed by atoms with Gasteiger partial charge in [0.15, 0.2) is 6.29 Å². The molecule has 0 N–H and O–H groups in total. The van der Waals surface area contributed by atoms with Crippen molar-refractivity contribution in [2.75, 3.05) is 0 Å². The van der Waals surface area contributed by atoms with E-state index in [1.165, 1.54) is 6.26 Å². The van der Waals surface area contributed by atoms with E-state index in [9.17, 15) is 4.79 Å². The Morgan fingerprint density at radius 1 is 1.08 bits per heavy atom. The first kappa shape index (κ1) is 16.0. The molecule has 0 spiro atoms. The van der Waals surface area contributed by atoms with Gasteiger partial charge in [-0.15, -0.1) is 12.4 Å². The van der Waals surface area contributed by atoms with Crippen molar-refractivity contribution in [2.24, 2.45) is 0 Å². The van der Waals surface area contributed by atoms with Crippen LogP contribution in [0.4, 0.5) is 0 Å². The molecule has 0 amide bonds. The molecule has 0 bridgehead atoms. The molecule has 2 aromatic carbocycles. The van der Waals surface area contributed by atoms with Gasteiger partial charge >= 0.3 is 0 Å². The summed E-state index contributed by atoms with van der Waals surface area (Å²) in [4.78, 5) is 14.8. The van der Waals surface area contributed by atoms with Gasteiger partial charge in [-0.25, -0.2) is 4.98 Å². The normalized spacial score (nSPS) is 10.5. The lowest BCUT2D eigenvalue weighted by Crippen LogP contribution is -2.01. The quantitative estimate of drug-likeness (QED) is 0.528. The van der Waals surface area contributed by atoms with Crippen molar-refractivity contribution >= 4 is 29.6 Å². The maximum Gasteiger partial charge on any atom is 0.226 e. The van der Waals surface area contributed by atoms with Gasteiger partial charge in [-0.05, 0) is 23.8 Å². The fraction of sp³-hybridized carbons (Fsp3) is 0.0556. The van der Waals surface area contributed by atoms with Crippen molar-refractivity contribution in [3.05, 3.63) is 72.2 Å². The molecule has 0 saturated carbocycles. The SMILES string of the molecule is Cl.O=Cc1coc(-c2ccc(Cn3ncc4ccccc43)cc2)n1. The van der Waals surface area contributed by atoms with E-state index in [1.807, 2.05) is 47.3 Å². The van der Waals surface area contributed by atoms with Crippen LogP contribution in [0.3, 0.4) is 0 Å². The molecule has 120 valence electrons. The molecule has 24 heavy (non-hydrogen) atoms. The van der Waals surface area contributed by atoms with E-state index >= 15 is 0 Å². The van der Waals surface area contributed by atoms with Crippen LogP contribution in [0.1, 0.15) is 16.1 Å². The maximum atomic E-state index is 10.7. The van der Waals surface area contributed by atoms with E-state index in [0.29, 0.717) is 24.4 Å². The van der Waals surface area contributed by atoms with Crippen LogP contribution < -0.4 is 0 Å². The van der Waals surface area contributed by atoms with E-state index in [-0.39, 0.29) is 12.4 Å². The van der Waals surface area contributed by atoms with Gasteiger partial charge in [-0.1, -0.05) is 30.3 Å². The highest BCUT2D eigenvalue weighted by Gasteiger charge is 2.07. The summed E-state index contributed by atoms with van der Waals surface area (Å²) in [6.07, 6.45) is 3.90. The van der Waals surface area contributed by atoms with E-state index in [2.05, 4.69) is 22.2 Å². The summed E-state index contributed by atoms with van der Waals surface area (Å²) in [7, 11) is 0. The van der Waals surface area contributed by atoms with Crippen LogP contribution in [0.15, 0.2) is 65.4 Å². The fourth-order valence-electron chi connectivity index (χ4n) is 2.55. The van der Waals surface area contributed by atoms with Gasteiger partial charge in [0.1, 0.15) is 12.0 Å². The molecule has 0 atom stereocenters. The second-order valence-corrected chi connectivity index (χ2v) is 5.25. The largest absolute Gasteiger partial charge is 0.444 e. The number of rotatable bonds is 4. The van der Waals surface area contributed by atoms with Gasteiger partial charge in [0.25, 0.3) is 0 Å². The third kappa shape index (κ3) is 2.94. The summed E-state index contributed by atoms with van der Waals surface area (Å²) in [6, 6.07) is 16.0. The van der Waals surface area contributed by atoms with Crippen LogP contribution in [-0.2, 0) is 6.54 Å². The highest BCUT2D eigenvalue weighted by molar-refractivity contribution is 5.85. The molecule has 0 aliphatic heterocycles. The predicted octanol–water partition coefficient (Wildman–Crippen LogP) is 3.97. The molecular formula is C18H14ClN3O2. The molecule has 0 radical (unpaired) electrons. The second-order valence-electron chi connectivity index (χ2n) is 5.25. The Labute approximate surface area is 144 Å². The Kier molecular flexibility index (Phi) is 4.44. The third-order valence-electron chi connectivity index (χ3n) is 3.73. The summed E-state index contributed by atoms with van der Waals surface area (Å²) in [5.74, 6) is 0.447. The van der Waals surface area contributed by atoms with Gasteiger partial charge in [0.05, 0.1) is 18.3 Å². The lowest BCUT2D eigenvalue weighted by atomic mass is 10.1. The summed E-state index contributed by atoms with van der Waals surface area (Å²) < 4.78 is 7.26. The molecular weight excluding hydrogens is 326 g/mol. The molecule has 2 heterocycles. The first-order chi connectivity index (χ1) is 11.3. The highest BCUT2D eigenvalue weighted by Crippen LogP contribution is 2.20. The Morgan fingerprint density at radius 2 is 1.88 bits per heavy atom. The van der Waals surface area contributed by atoms with Crippen LogP contribution in [0.2, 0.25) is 0 Å². The molecule has 0 aliphatic carbocycles. The minimum Gasteiger partial charge on any atom is -0.444 e. The van der Waals surface area contributed by atoms with Gasteiger partial charge in [-0.3, -0.25) is 9.48 Å². The second kappa shape index (κ2) is 6.68.